The molecule has 0 heterocycles. The van der Waals surface area contributed by atoms with Gasteiger partial charge in [-0.2, -0.15) is 0 Å². The summed E-state index contributed by atoms with van der Waals surface area (Å²) in [6.45, 7) is 2.04. The third-order valence-electron chi connectivity index (χ3n) is 3.37. The molecule has 4 nitrogen and oxygen atoms in total. The Morgan fingerprint density at radius 3 is 2.78 bits per heavy atom. The molecule has 1 fully saturated rings. The van der Waals surface area contributed by atoms with E-state index in [-0.39, 0.29) is 29.0 Å². The van der Waals surface area contributed by atoms with Crippen molar-refractivity contribution in [3.63, 3.8) is 0 Å². The van der Waals surface area contributed by atoms with Crippen LogP contribution < -0.4 is 5.32 Å². The summed E-state index contributed by atoms with van der Waals surface area (Å²) in [7, 11) is 0. The van der Waals surface area contributed by atoms with E-state index in [2.05, 4.69) is 5.32 Å². The second kappa shape index (κ2) is 5.29. The summed E-state index contributed by atoms with van der Waals surface area (Å²) in [6, 6.07) is 4.11. The maximum Gasteiger partial charge on any atom is 0.255 e. The molecular formula is C14H19NO3. The second-order valence-electron chi connectivity index (χ2n) is 4.96. The van der Waals surface area contributed by atoms with Crippen molar-refractivity contribution in [2.45, 2.75) is 38.6 Å². The molecule has 0 aromatic heterocycles. The molecule has 1 amide bonds. The first kappa shape index (κ1) is 12.7. The second-order valence-corrected chi connectivity index (χ2v) is 4.96. The number of amides is 1. The third kappa shape index (κ3) is 3.15. The van der Waals surface area contributed by atoms with Crippen molar-refractivity contribution in [1.29, 1.82) is 0 Å². The molecule has 1 aromatic rings. The number of aromatic hydroxyl groups is 2. The molecule has 0 saturated heterocycles. The summed E-state index contributed by atoms with van der Waals surface area (Å²) in [4.78, 5) is 12.0. The standard InChI is InChI=1S/C14H19NO3/c1-2-10(7-9-3-4-9)15-14(18)12-8-11(16)5-6-13(12)17/h5-6,8-10,16-17H,2-4,7H2,1H3,(H,15,18). The van der Waals surface area contributed by atoms with Gasteiger partial charge >= 0.3 is 0 Å². The zero-order valence-electron chi connectivity index (χ0n) is 10.5. The number of rotatable bonds is 5. The first-order valence-electron chi connectivity index (χ1n) is 6.43. The Kier molecular flexibility index (Phi) is 3.75. The Balaban J connectivity index is 2.02. The van der Waals surface area contributed by atoms with Crippen LogP contribution in [-0.4, -0.2) is 22.2 Å². The maximum absolute atomic E-state index is 12.0. The number of phenolic OH excluding ortho intramolecular Hbond substituents is 2. The topological polar surface area (TPSA) is 69.6 Å². The Bertz CT molecular complexity index is 441. The highest BCUT2D eigenvalue weighted by Gasteiger charge is 2.26. The van der Waals surface area contributed by atoms with Gasteiger partial charge in [-0.25, -0.2) is 0 Å². The quantitative estimate of drug-likeness (QED) is 0.702. The van der Waals surface area contributed by atoms with Crippen molar-refractivity contribution in [2.75, 3.05) is 0 Å². The zero-order valence-corrected chi connectivity index (χ0v) is 10.5. The summed E-state index contributed by atoms with van der Waals surface area (Å²) in [5, 5.41) is 21.9. The van der Waals surface area contributed by atoms with Crippen LogP contribution in [0.1, 0.15) is 43.0 Å². The van der Waals surface area contributed by atoms with Crippen molar-refractivity contribution in [2.24, 2.45) is 5.92 Å². The highest BCUT2D eigenvalue weighted by atomic mass is 16.3. The van der Waals surface area contributed by atoms with Gasteiger partial charge in [0.25, 0.3) is 5.91 Å². The van der Waals surface area contributed by atoms with E-state index >= 15 is 0 Å². The van der Waals surface area contributed by atoms with Crippen molar-refractivity contribution in [1.82, 2.24) is 5.32 Å². The SMILES string of the molecule is CCC(CC1CC1)NC(=O)c1cc(O)ccc1O. The van der Waals surface area contributed by atoms with Gasteiger partial charge in [-0.05, 0) is 37.0 Å². The normalized spacial score (nSPS) is 16.3. The number of hydrogen-bond donors (Lipinski definition) is 3. The summed E-state index contributed by atoms with van der Waals surface area (Å²) >= 11 is 0. The van der Waals surface area contributed by atoms with E-state index in [9.17, 15) is 15.0 Å². The molecule has 18 heavy (non-hydrogen) atoms. The van der Waals surface area contributed by atoms with Crippen LogP contribution in [-0.2, 0) is 0 Å². The van der Waals surface area contributed by atoms with Crippen LogP contribution in [0, 0.1) is 5.92 Å². The summed E-state index contributed by atoms with van der Waals surface area (Å²) < 4.78 is 0. The highest BCUT2D eigenvalue weighted by Crippen LogP contribution is 2.34. The molecule has 1 saturated carbocycles. The van der Waals surface area contributed by atoms with E-state index in [1.165, 1.54) is 31.0 Å². The Labute approximate surface area is 107 Å². The van der Waals surface area contributed by atoms with Crippen molar-refractivity contribution in [3.8, 4) is 11.5 Å². The fourth-order valence-corrected chi connectivity index (χ4v) is 2.05. The van der Waals surface area contributed by atoms with Crippen LogP contribution in [0.25, 0.3) is 0 Å². The first-order valence-corrected chi connectivity index (χ1v) is 6.43. The van der Waals surface area contributed by atoms with Crippen LogP contribution in [0.2, 0.25) is 0 Å². The monoisotopic (exact) mass is 249 g/mol. The van der Waals surface area contributed by atoms with Crippen molar-refractivity contribution in [3.05, 3.63) is 23.8 Å². The smallest absolute Gasteiger partial charge is 0.255 e. The first-order chi connectivity index (χ1) is 8.60. The molecule has 2 rings (SSSR count). The number of carbonyl (C=O) groups excluding carboxylic acids is 1. The molecule has 0 aliphatic heterocycles. The van der Waals surface area contributed by atoms with Gasteiger partial charge in [-0.3, -0.25) is 4.79 Å². The Morgan fingerprint density at radius 2 is 2.17 bits per heavy atom. The summed E-state index contributed by atoms with van der Waals surface area (Å²) in [6.07, 6.45) is 4.39. The minimum absolute atomic E-state index is 0.0202. The Morgan fingerprint density at radius 1 is 1.44 bits per heavy atom. The zero-order chi connectivity index (χ0) is 13.1. The van der Waals surface area contributed by atoms with Crippen LogP contribution in [0.5, 0.6) is 11.5 Å². The van der Waals surface area contributed by atoms with Crippen LogP contribution in [0.4, 0.5) is 0 Å². The third-order valence-corrected chi connectivity index (χ3v) is 3.37. The summed E-state index contributed by atoms with van der Waals surface area (Å²) in [5.41, 5.74) is 0.129. The van der Waals surface area contributed by atoms with E-state index in [4.69, 9.17) is 0 Å². The average Bonchev–Trinajstić information content (AvgIpc) is 3.15. The van der Waals surface area contributed by atoms with E-state index in [0.717, 1.165) is 18.8 Å². The highest BCUT2D eigenvalue weighted by molar-refractivity contribution is 5.97. The minimum Gasteiger partial charge on any atom is -0.508 e. The fourth-order valence-electron chi connectivity index (χ4n) is 2.05. The van der Waals surface area contributed by atoms with Crippen LogP contribution >= 0.6 is 0 Å². The van der Waals surface area contributed by atoms with Gasteiger partial charge in [0.2, 0.25) is 0 Å². The number of hydrogen-bond acceptors (Lipinski definition) is 3. The number of nitrogens with one attached hydrogen (secondary N) is 1. The molecule has 0 spiro atoms. The molecule has 1 aliphatic carbocycles. The predicted octanol–water partition coefficient (Wildman–Crippen LogP) is 2.41. The molecule has 4 heteroatoms. The van der Waals surface area contributed by atoms with Gasteiger partial charge in [-0.15, -0.1) is 0 Å². The number of phenols is 2. The molecule has 1 aromatic carbocycles. The maximum atomic E-state index is 12.0. The lowest BCUT2D eigenvalue weighted by molar-refractivity contribution is 0.0929. The van der Waals surface area contributed by atoms with E-state index in [1.807, 2.05) is 6.92 Å². The molecule has 1 unspecified atom stereocenters. The van der Waals surface area contributed by atoms with Gasteiger partial charge in [0.15, 0.2) is 0 Å². The molecule has 3 N–H and O–H groups in total. The molecular weight excluding hydrogens is 230 g/mol. The minimum atomic E-state index is -0.323. The van der Waals surface area contributed by atoms with E-state index < -0.39 is 0 Å². The molecule has 98 valence electrons. The van der Waals surface area contributed by atoms with Crippen molar-refractivity contribution < 1.29 is 15.0 Å². The lowest BCUT2D eigenvalue weighted by Crippen LogP contribution is -2.34. The predicted molar refractivity (Wildman–Crippen MR) is 68.7 cm³/mol. The van der Waals surface area contributed by atoms with E-state index in [1.54, 1.807) is 0 Å². The number of benzene rings is 1. The van der Waals surface area contributed by atoms with E-state index in [0.29, 0.717) is 0 Å². The fraction of sp³-hybridized carbons (Fsp3) is 0.500. The Hall–Kier alpha value is -1.71. The van der Waals surface area contributed by atoms with Crippen LogP contribution in [0.3, 0.4) is 0 Å². The molecule has 1 aliphatic rings. The van der Waals surface area contributed by atoms with Gasteiger partial charge in [0.05, 0.1) is 5.56 Å². The molecule has 0 bridgehead atoms. The van der Waals surface area contributed by atoms with Crippen molar-refractivity contribution >= 4 is 5.91 Å². The van der Waals surface area contributed by atoms with Gasteiger partial charge < -0.3 is 15.5 Å². The van der Waals surface area contributed by atoms with Gasteiger partial charge in [0.1, 0.15) is 11.5 Å². The van der Waals surface area contributed by atoms with Crippen LogP contribution in [0.15, 0.2) is 18.2 Å². The van der Waals surface area contributed by atoms with Gasteiger partial charge in [0, 0.05) is 6.04 Å². The largest absolute Gasteiger partial charge is 0.508 e. The molecule has 1 atom stereocenters. The molecule has 0 radical (unpaired) electrons. The number of carbonyl (C=O) groups is 1. The summed E-state index contributed by atoms with van der Waals surface area (Å²) in [5.74, 6) is 0.295. The lowest BCUT2D eigenvalue weighted by atomic mass is 10.1. The lowest BCUT2D eigenvalue weighted by Gasteiger charge is -2.17. The average molecular weight is 249 g/mol. The van der Waals surface area contributed by atoms with Gasteiger partial charge in [-0.1, -0.05) is 19.8 Å².